The van der Waals surface area contributed by atoms with Gasteiger partial charge in [-0.25, -0.2) is 9.78 Å². The molecule has 2 amide bonds. The van der Waals surface area contributed by atoms with Crippen molar-refractivity contribution in [2.24, 2.45) is 17.8 Å². The van der Waals surface area contributed by atoms with Crippen molar-refractivity contribution in [1.29, 1.82) is 0 Å². The summed E-state index contributed by atoms with van der Waals surface area (Å²) in [5, 5.41) is 10.2. The molecule has 0 spiro atoms. The summed E-state index contributed by atoms with van der Waals surface area (Å²) in [6.45, 7) is 2.13. The van der Waals surface area contributed by atoms with Crippen LogP contribution in [0.4, 0.5) is 5.69 Å². The van der Waals surface area contributed by atoms with E-state index in [2.05, 4.69) is 27.8 Å². The lowest BCUT2D eigenvalue weighted by atomic mass is 9.76. The number of halogens is 1. The largest absolute Gasteiger partial charge is 0.478 e. The number of aromatic carboxylic acids is 1. The Balaban J connectivity index is 1.50. The van der Waals surface area contributed by atoms with Crippen molar-refractivity contribution in [2.45, 2.75) is 26.2 Å². The molecule has 2 fully saturated rings. The summed E-state index contributed by atoms with van der Waals surface area (Å²) >= 11 is 3.37. The number of carboxylic acids is 1. The second-order valence-electron chi connectivity index (χ2n) is 8.71. The molecule has 1 aliphatic carbocycles. The number of benzene rings is 2. The average molecular weight is 493 g/mol. The number of carboxylic acid groups (broad SMARTS) is 1. The van der Waals surface area contributed by atoms with Crippen LogP contribution < -0.4 is 4.90 Å². The Morgan fingerprint density at radius 2 is 1.75 bits per heavy atom. The van der Waals surface area contributed by atoms with Gasteiger partial charge in [-0.15, -0.1) is 0 Å². The Kier molecular flexibility index (Phi) is 5.08. The van der Waals surface area contributed by atoms with Crippen molar-refractivity contribution in [3.63, 3.8) is 0 Å². The second kappa shape index (κ2) is 7.81. The Hall–Kier alpha value is -3.06. The third-order valence-corrected chi connectivity index (χ3v) is 7.10. The van der Waals surface area contributed by atoms with E-state index in [0.717, 1.165) is 23.7 Å². The Bertz CT molecular complexity index is 1270. The van der Waals surface area contributed by atoms with E-state index in [1.165, 1.54) is 4.90 Å². The van der Waals surface area contributed by atoms with E-state index in [9.17, 15) is 19.5 Å². The summed E-state index contributed by atoms with van der Waals surface area (Å²) in [6, 6.07) is 13.9. The number of nitrogens with zero attached hydrogens (tertiary/aromatic N) is 2. The number of pyridine rings is 1. The molecule has 3 atom stereocenters. The lowest BCUT2D eigenvalue weighted by Gasteiger charge is -2.25. The average Bonchev–Trinajstić information content (AvgIpc) is 3.02. The fourth-order valence-electron chi connectivity index (χ4n) is 4.95. The molecule has 1 aliphatic heterocycles. The van der Waals surface area contributed by atoms with Gasteiger partial charge in [0.15, 0.2) is 0 Å². The summed E-state index contributed by atoms with van der Waals surface area (Å²) in [7, 11) is 0. The van der Waals surface area contributed by atoms with Crippen molar-refractivity contribution in [3.05, 3.63) is 58.6 Å². The number of aromatic nitrogens is 1. The number of carbonyl (C=O) groups is 3. The lowest BCUT2D eigenvalue weighted by molar-refractivity contribution is -0.122. The molecule has 1 N–H and O–H groups in total. The zero-order chi connectivity index (χ0) is 22.6. The maximum Gasteiger partial charge on any atom is 0.336 e. The normalized spacial score (nSPS) is 22.9. The van der Waals surface area contributed by atoms with Gasteiger partial charge in [-0.05, 0) is 61.6 Å². The molecule has 0 bridgehead atoms. The molecule has 3 unspecified atom stereocenters. The van der Waals surface area contributed by atoms with E-state index in [4.69, 9.17) is 0 Å². The predicted molar refractivity (Wildman–Crippen MR) is 124 cm³/mol. The second-order valence-corrected chi connectivity index (χ2v) is 9.63. The van der Waals surface area contributed by atoms with Crippen LogP contribution in [0.15, 0.2) is 53.0 Å². The van der Waals surface area contributed by atoms with Gasteiger partial charge in [0.2, 0.25) is 11.8 Å². The number of fused-ring (bicyclic) bond motifs is 2. The van der Waals surface area contributed by atoms with E-state index in [-0.39, 0.29) is 29.2 Å². The minimum Gasteiger partial charge on any atom is -0.478 e. The van der Waals surface area contributed by atoms with Gasteiger partial charge in [0.05, 0.1) is 34.3 Å². The van der Waals surface area contributed by atoms with E-state index in [1.807, 2.05) is 6.07 Å². The van der Waals surface area contributed by atoms with Gasteiger partial charge in [-0.2, -0.15) is 0 Å². The predicted octanol–water partition coefficient (Wildman–Crippen LogP) is 5.29. The molecule has 2 aromatic carbocycles. The van der Waals surface area contributed by atoms with Crippen LogP contribution in [0.2, 0.25) is 0 Å². The fraction of sp³-hybridized carbons (Fsp3) is 0.280. The Morgan fingerprint density at radius 1 is 1.03 bits per heavy atom. The van der Waals surface area contributed by atoms with Crippen LogP contribution >= 0.6 is 15.9 Å². The van der Waals surface area contributed by atoms with Gasteiger partial charge in [0, 0.05) is 15.4 Å². The first kappa shape index (κ1) is 20.8. The molecular weight excluding hydrogens is 472 g/mol. The monoisotopic (exact) mass is 492 g/mol. The molecule has 162 valence electrons. The highest BCUT2D eigenvalue weighted by Crippen LogP contribution is 2.42. The van der Waals surface area contributed by atoms with E-state index in [0.29, 0.717) is 33.8 Å². The van der Waals surface area contributed by atoms with E-state index < -0.39 is 5.97 Å². The van der Waals surface area contributed by atoms with Crippen molar-refractivity contribution in [3.8, 4) is 11.3 Å². The maximum atomic E-state index is 13.0. The number of hydrogen-bond donors (Lipinski definition) is 1. The number of hydrogen-bond acceptors (Lipinski definition) is 4. The van der Waals surface area contributed by atoms with Crippen LogP contribution in [0.3, 0.4) is 0 Å². The molecule has 2 heterocycles. The molecule has 5 rings (SSSR count). The van der Waals surface area contributed by atoms with Crippen LogP contribution in [0, 0.1) is 17.8 Å². The molecule has 0 radical (unpaired) electrons. The molecule has 2 aliphatic rings. The minimum atomic E-state index is -1.03. The molecule has 3 aromatic rings. The Labute approximate surface area is 193 Å². The van der Waals surface area contributed by atoms with Crippen molar-refractivity contribution >= 4 is 50.3 Å². The van der Waals surface area contributed by atoms with Gasteiger partial charge in [-0.3, -0.25) is 14.5 Å². The van der Waals surface area contributed by atoms with E-state index in [1.54, 1.807) is 42.5 Å². The number of rotatable bonds is 3. The number of amides is 2. The molecule has 1 saturated heterocycles. The number of imide groups is 1. The summed E-state index contributed by atoms with van der Waals surface area (Å²) in [4.78, 5) is 43.7. The maximum absolute atomic E-state index is 13.0. The van der Waals surface area contributed by atoms with E-state index >= 15 is 0 Å². The highest BCUT2D eigenvalue weighted by Gasteiger charge is 2.49. The van der Waals surface area contributed by atoms with Crippen molar-refractivity contribution < 1.29 is 19.5 Å². The van der Waals surface area contributed by atoms with Crippen molar-refractivity contribution in [1.82, 2.24) is 4.98 Å². The lowest BCUT2D eigenvalue weighted by Crippen LogP contribution is -2.30. The highest BCUT2D eigenvalue weighted by molar-refractivity contribution is 9.10. The fourth-order valence-corrected chi connectivity index (χ4v) is 5.31. The standard InChI is InChI=1S/C25H21BrN2O4/c1-13-2-8-17-19(10-13)24(30)28(23(17)29)16-6-3-14(4-7-16)22-12-20(25(31)32)18-11-15(26)5-9-21(18)27-22/h3-7,9,11-13,17,19H,2,8,10H2,1H3,(H,31,32). The van der Waals surface area contributed by atoms with Crippen LogP contribution in [-0.4, -0.2) is 27.9 Å². The third-order valence-electron chi connectivity index (χ3n) is 6.61. The topological polar surface area (TPSA) is 87.6 Å². The molecule has 32 heavy (non-hydrogen) atoms. The van der Waals surface area contributed by atoms with Gasteiger partial charge in [0.25, 0.3) is 0 Å². The summed E-state index contributed by atoms with van der Waals surface area (Å²) in [5.41, 5.74) is 2.53. The summed E-state index contributed by atoms with van der Waals surface area (Å²) in [5.74, 6) is -1.22. The minimum absolute atomic E-state index is 0.109. The summed E-state index contributed by atoms with van der Waals surface area (Å²) < 4.78 is 0.779. The zero-order valence-electron chi connectivity index (χ0n) is 17.4. The van der Waals surface area contributed by atoms with Crippen LogP contribution in [0.5, 0.6) is 0 Å². The third kappa shape index (κ3) is 3.41. The number of anilines is 1. The van der Waals surface area contributed by atoms with Crippen molar-refractivity contribution in [2.75, 3.05) is 4.90 Å². The van der Waals surface area contributed by atoms with Gasteiger partial charge in [-0.1, -0.05) is 35.0 Å². The Morgan fingerprint density at radius 3 is 2.47 bits per heavy atom. The molecule has 7 heteroatoms. The first-order chi connectivity index (χ1) is 15.3. The first-order valence-corrected chi connectivity index (χ1v) is 11.4. The van der Waals surface area contributed by atoms with Crippen LogP contribution in [0.25, 0.3) is 22.2 Å². The zero-order valence-corrected chi connectivity index (χ0v) is 19.0. The molecule has 1 saturated carbocycles. The van der Waals surface area contributed by atoms with Crippen LogP contribution in [-0.2, 0) is 9.59 Å². The quantitative estimate of drug-likeness (QED) is 0.502. The van der Waals surface area contributed by atoms with Gasteiger partial charge < -0.3 is 5.11 Å². The molecule has 1 aromatic heterocycles. The smallest absolute Gasteiger partial charge is 0.336 e. The highest BCUT2D eigenvalue weighted by atomic mass is 79.9. The SMILES string of the molecule is CC1CCC2C(=O)N(c3ccc(-c4cc(C(=O)O)c5cc(Br)ccc5n4)cc3)C(=O)C2C1. The summed E-state index contributed by atoms with van der Waals surface area (Å²) in [6.07, 6.45) is 2.50. The van der Waals surface area contributed by atoms with Gasteiger partial charge in [0.1, 0.15) is 0 Å². The first-order valence-electron chi connectivity index (χ1n) is 10.7. The number of carbonyl (C=O) groups excluding carboxylic acids is 2. The molecular formula is C25H21BrN2O4. The van der Waals surface area contributed by atoms with Gasteiger partial charge >= 0.3 is 5.97 Å². The van der Waals surface area contributed by atoms with Crippen LogP contribution in [0.1, 0.15) is 36.5 Å². The molecule has 6 nitrogen and oxygen atoms in total.